The van der Waals surface area contributed by atoms with Gasteiger partial charge < -0.3 is 14.9 Å². The maximum absolute atomic E-state index is 11.6. The predicted octanol–water partition coefficient (Wildman–Crippen LogP) is -1.22. The van der Waals surface area contributed by atoms with Crippen molar-refractivity contribution in [3.63, 3.8) is 0 Å². The van der Waals surface area contributed by atoms with Gasteiger partial charge in [0, 0.05) is 12.6 Å². The lowest BCUT2D eigenvalue weighted by Crippen LogP contribution is -2.33. The summed E-state index contributed by atoms with van der Waals surface area (Å²) in [5, 5.41) is 18.5. The van der Waals surface area contributed by atoms with Gasteiger partial charge in [0.05, 0.1) is 16.3 Å². The van der Waals surface area contributed by atoms with Gasteiger partial charge in [-0.15, -0.1) is 0 Å². The Morgan fingerprint density at radius 3 is 2.88 bits per heavy atom. The first-order chi connectivity index (χ1) is 8.02. The highest BCUT2D eigenvalue weighted by Crippen LogP contribution is 2.27. The summed E-state index contributed by atoms with van der Waals surface area (Å²) in [5.74, 6) is 0. The summed E-state index contributed by atoms with van der Waals surface area (Å²) < 4.78 is 6.89. The van der Waals surface area contributed by atoms with Gasteiger partial charge in [-0.2, -0.15) is 0 Å². The summed E-state index contributed by atoms with van der Waals surface area (Å²) in [7, 11) is 0. The van der Waals surface area contributed by atoms with Crippen LogP contribution in [0, 0.1) is 3.57 Å². The number of rotatable bonds is 2. The van der Waals surface area contributed by atoms with Gasteiger partial charge >= 0.3 is 5.69 Å². The molecule has 94 valence electrons. The Morgan fingerprint density at radius 2 is 2.29 bits per heavy atom. The van der Waals surface area contributed by atoms with Crippen LogP contribution in [0.1, 0.15) is 12.6 Å². The molecule has 0 aromatic carbocycles. The smallest absolute Gasteiger partial charge is 0.330 e. The maximum atomic E-state index is 11.6. The molecule has 0 radical (unpaired) electrons. The summed E-state index contributed by atoms with van der Waals surface area (Å²) in [6, 6.07) is 0. The van der Waals surface area contributed by atoms with Crippen molar-refractivity contribution in [1.29, 1.82) is 0 Å². The first-order valence-electron chi connectivity index (χ1n) is 4.98. The van der Waals surface area contributed by atoms with Crippen LogP contribution in [0.25, 0.3) is 0 Å². The van der Waals surface area contributed by atoms with Crippen molar-refractivity contribution in [2.75, 3.05) is 6.61 Å². The SMILES string of the molecule is O=c1[nH]c(=O)n(C2C[C@H](O)C(CO)O2)cc1I. The number of aromatic nitrogens is 2. The topological polar surface area (TPSA) is 105 Å². The molecule has 1 fully saturated rings. The molecule has 2 heterocycles. The van der Waals surface area contributed by atoms with Crippen molar-refractivity contribution in [1.82, 2.24) is 9.55 Å². The zero-order valence-corrected chi connectivity index (χ0v) is 10.8. The minimum atomic E-state index is -0.818. The molecule has 7 nitrogen and oxygen atoms in total. The minimum Gasteiger partial charge on any atom is -0.394 e. The monoisotopic (exact) mass is 354 g/mol. The molecule has 3 N–H and O–H groups in total. The van der Waals surface area contributed by atoms with Crippen LogP contribution >= 0.6 is 22.6 Å². The van der Waals surface area contributed by atoms with Crippen LogP contribution < -0.4 is 11.2 Å². The third kappa shape index (κ3) is 2.44. The van der Waals surface area contributed by atoms with E-state index in [0.29, 0.717) is 3.57 Å². The second-order valence-corrected chi connectivity index (χ2v) is 4.92. The third-order valence-electron chi connectivity index (χ3n) is 2.62. The van der Waals surface area contributed by atoms with E-state index in [1.54, 1.807) is 22.6 Å². The number of ether oxygens (including phenoxy) is 1. The molecule has 0 spiro atoms. The van der Waals surface area contributed by atoms with Gasteiger partial charge in [-0.25, -0.2) is 4.79 Å². The maximum Gasteiger partial charge on any atom is 0.330 e. The first kappa shape index (κ1) is 12.7. The van der Waals surface area contributed by atoms with Crippen LogP contribution in [0.4, 0.5) is 0 Å². The molecule has 1 aromatic heterocycles. The van der Waals surface area contributed by atoms with Gasteiger partial charge in [-0.1, -0.05) is 0 Å². The number of nitrogens with one attached hydrogen (secondary N) is 1. The molecular weight excluding hydrogens is 343 g/mol. The lowest BCUT2D eigenvalue weighted by molar-refractivity contribution is -0.0459. The highest BCUT2D eigenvalue weighted by Gasteiger charge is 2.34. The van der Waals surface area contributed by atoms with E-state index >= 15 is 0 Å². The molecule has 1 aliphatic heterocycles. The normalized spacial score (nSPS) is 28.5. The lowest BCUT2D eigenvalue weighted by atomic mass is 10.2. The van der Waals surface area contributed by atoms with Gasteiger partial charge in [0.2, 0.25) is 0 Å². The summed E-state index contributed by atoms with van der Waals surface area (Å²) in [6.07, 6.45) is -0.607. The van der Waals surface area contributed by atoms with Crippen LogP contribution in [0.3, 0.4) is 0 Å². The fourth-order valence-corrected chi connectivity index (χ4v) is 2.16. The number of nitrogens with zero attached hydrogens (tertiary/aromatic N) is 1. The number of hydrogen-bond acceptors (Lipinski definition) is 5. The van der Waals surface area contributed by atoms with E-state index in [2.05, 4.69) is 4.98 Å². The predicted molar refractivity (Wildman–Crippen MR) is 65.7 cm³/mol. The van der Waals surface area contributed by atoms with Crippen molar-refractivity contribution in [2.45, 2.75) is 24.9 Å². The van der Waals surface area contributed by atoms with Gasteiger partial charge in [-0.05, 0) is 22.6 Å². The van der Waals surface area contributed by atoms with E-state index in [4.69, 9.17) is 9.84 Å². The Morgan fingerprint density at radius 1 is 1.59 bits per heavy atom. The average Bonchev–Trinajstić information content (AvgIpc) is 2.65. The summed E-state index contributed by atoms with van der Waals surface area (Å²) in [4.78, 5) is 24.9. The van der Waals surface area contributed by atoms with Crippen LogP contribution in [0.2, 0.25) is 0 Å². The zero-order valence-electron chi connectivity index (χ0n) is 8.67. The van der Waals surface area contributed by atoms with E-state index in [9.17, 15) is 14.7 Å². The molecule has 8 heteroatoms. The largest absolute Gasteiger partial charge is 0.394 e. The fourth-order valence-electron chi connectivity index (χ4n) is 1.72. The molecule has 1 saturated heterocycles. The molecule has 0 aliphatic carbocycles. The minimum absolute atomic E-state index is 0.202. The highest BCUT2D eigenvalue weighted by atomic mass is 127. The van der Waals surface area contributed by atoms with Gasteiger partial charge in [0.1, 0.15) is 12.3 Å². The quantitative estimate of drug-likeness (QED) is 0.578. The van der Waals surface area contributed by atoms with Gasteiger partial charge in [0.15, 0.2) is 0 Å². The molecule has 1 aliphatic rings. The van der Waals surface area contributed by atoms with Crippen LogP contribution in [0.15, 0.2) is 15.8 Å². The molecule has 2 unspecified atom stereocenters. The summed E-state index contributed by atoms with van der Waals surface area (Å²) in [6.45, 7) is -0.313. The number of aromatic amines is 1. The zero-order chi connectivity index (χ0) is 12.6. The second-order valence-electron chi connectivity index (χ2n) is 3.76. The molecule has 0 amide bonds. The van der Waals surface area contributed by atoms with Crippen molar-refractivity contribution >= 4 is 22.6 Å². The lowest BCUT2D eigenvalue weighted by Gasteiger charge is -2.14. The van der Waals surface area contributed by atoms with Gasteiger partial charge in [0.25, 0.3) is 5.56 Å². The molecule has 17 heavy (non-hydrogen) atoms. The molecule has 0 saturated carbocycles. The molecule has 1 aromatic rings. The highest BCUT2D eigenvalue weighted by molar-refractivity contribution is 14.1. The van der Waals surface area contributed by atoms with E-state index in [0.717, 1.165) is 0 Å². The standard InChI is InChI=1S/C9H11IN2O5/c10-4-2-12(9(16)11-8(4)15)7-1-5(14)6(3-13)17-7/h2,5-7,13-14H,1,3H2,(H,11,15,16)/t5-,6?,7?/m0/s1. The van der Waals surface area contributed by atoms with Crippen molar-refractivity contribution in [3.8, 4) is 0 Å². The van der Waals surface area contributed by atoms with E-state index in [1.165, 1.54) is 10.8 Å². The Bertz CT molecular complexity index is 525. The number of H-pyrrole nitrogens is 1. The van der Waals surface area contributed by atoms with Crippen molar-refractivity contribution in [3.05, 3.63) is 30.6 Å². The Hall–Kier alpha value is -0.710. The van der Waals surface area contributed by atoms with E-state index in [1.807, 2.05) is 0 Å². The second kappa shape index (κ2) is 4.88. The molecular formula is C9H11IN2O5. The number of hydrogen-bond donors (Lipinski definition) is 3. The number of aliphatic hydroxyl groups is 2. The van der Waals surface area contributed by atoms with E-state index in [-0.39, 0.29) is 13.0 Å². The third-order valence-corrected chi connectivity index (χ3v) is 3.39. The van der Waals surface area contributed by atoms with Gasteiger partial charge in [-0.3, -0.25) is 14.3 Å². The summed E-state index contributed by atoms with van der Waals surface area (Å²) >= 11 is 1.80. The first-order valence-corrected chi connectivity index (χ1v) is 6.06. The van der Waals surface area contributed by atoms with Crippen molar-refractivity contribution in [2.24, 2.45) is 0 Å². The molecule has 3 atom stereocenters. The Kier molecular flexibility index (Phi) is 3.66. The Labute approximate surface area is 109 Å². The van der Waals surface area contributed by atoms with Crippen molar-refractivity contribution < 1.29 is 14.9 Å². The fraction of sp³-hybridized carbons (Fsp3) is 0.556. The van der Waals surface area contributed by atoms with E-state index < -0.39 is 29.7 Å². The van der Waals surface area contributed by atoms with Crippen LogP contribution in [0.5, 0.6) is 0 Å². The average molecular weight is 354 g/mol. The van der Waals surface area contributed by atoms with Crippen LogP contribution in [-0.2, 0) is 4.74 Å². The van der Waals surface area contributed by atoms with Crippen LogP contribution in [-0.4, -0.2) is 38.6 Å². The Balaban J connectivity index is 2.34. The number of halogens is 1. The summed E-state index contributed by atoms with van der Waals surface area (Å²) in [5.41, 5.74) is -1.05. The molecule has 2 rings (SSSR count). The molecule has 0 bridgehead atoms. The number of aliphatic hydroxyl groups excluding tert-OH is 2.